The third-order valence-electron chi connectivity index (χ3n) is 3.51. The van der Waals surface area contributed by atoms with Crippen LogP contribution >= 0.6 is 0 Å². The van der Waals surface area contributed by atoms with Crippen LogP contribution < -0.4 is 0 Å². The van der Waals surface area contributed by atoms with Crippen molar-refractivity contribution in [3.8, 4) is 0 Å². The highest BCUT2D eigenvalue weighted by Gasteiger charge is 2.20. The summed E-state index contributed by atoms with van der Waals surface area (Å²) in [6.45, 7) is 6.94. The highest BCUT2D eigenvalue weighted by atomic mass is 16.4. The largest absolute Gasteiger partial charge is 0.478 e. The van der Waals surface area contributed by atoms with Crippen LogP contribution in [0.3, 0.4) is 0 Å². The maximum Gasteiger partial charge on any atom is 0.337 e. The predicted molar refractivity (Wildman–Crippen MR) is 79.3 cm³/mol. The van der Waals surface area contributed by atoms with Crippen LogP contribution in [0.25, 0.3) is 10.9 Å². The van der Waals surface area contributed by atoms with E-state index in [9.17, 15) is 9.90 Å². The van der Waals surface area contributed by atoms with Gasteiger partial charge in [0.25, 0.3) is 0 Å². The summed E-state index contributed by atoms with van der Waals surface area (Å²) in [5.74, 6) is -0.912. The summed E-state index contributed by atoms with van der Waals surface area (Å²) in [6.07, 6.45) is 2.50. The SMILES string of the molecule is CC(C)(C)c1cc(C(=O)O)c2c(ccn2CCCO)c1. The molecule has 0 amide bonds. The Balaban J connectivity index is 2.65. The molecule has 0 aliphatic heterocycles. The van der Waals surface area contributed by atoms with Gasteiger partial charge in [-0.3, -0.25) is 0 Å². The Morgan fingerprint density at radius 2 is 2.00 bits per heavy atom. The summed E-state index contributed by atoms with van der Waals surface area (Å²) in [6, 6.07) is 5.76. The number of aliphatic hydroxyl groups is 1. The first kappa shape index (κ1) is 14.6. The Morgan fingerprint density at radius 1 is 1.30 bits per heavy atom. The summed E-state index contributed by atoms with van der Waals surface area (Å²) < 4.78 is 1.90. The molecule has 0 saturated carbocycles. The molecular formula is C16H21NO3. The van der Waals surface area contributed by atoms with E-state index in [0.717, 1.165) is 16.5 Å². The molecule has 4 heteroatoms. The van der Waals surface area contributed by atoms with Crippen LogP contribution in [0.5, 0.6) is 0 Å². The van der Waals surface area contributed by atoms with E-state index in [1.54, 1.807) is 6.07 Å². The zero-order chi connectivity index (χ0) is 14.9. The van der Waals surface area contributed by atoms with Gasteiger partial charge >= 0.3 is 5.97 Å². The summed E-state index contributed by atoms with van der Waals surface area (Å²) in [7, 11) is 0. The third-order valence-corrected chi connectivity index (χ3v) is 3.51. The fourth-order valence-electron chi connectivity index (χ4n) is 2.37. The zero-order valence-electron chi connectivity index (χ0n) is 12.2. The number of hydrogen-bond acceptors (Lipinski definition) is 2. The first-order valence-electron chi connectivity index (χ1n) is 6.82. The lowest BCUT2D eigenvalue weighted by atomic mass is 9.85. The Hall–Kier alpha value is -1.81. The van der Waals surface area contributed by atoms with Gasteiger partial charge in [0.05, 0.1) is 11.1 Å². The van der Waals surface area contributed by atoms with Crippen LogP contribution in [0.4, 0.5) is 0 Å². The van der Waals surface area contributed by atoms with Crippen molar-refractivity contribution < 1.29 is 15.0 Å². The van der Waals surface area contributed by atoms with Gasteiger partial charge in [0.1, 0.15) is 0 Å². The molecule has 4 nitrogen and oxygen atoms in total. The molecule has 108 valence electrons. The molecule has 2 aromatic rings. The van der Waals surface area contributed by atoms with Crippen LogP contribution in [-0.4, -0.2) is 27.4 Å². The van der Waals surface area contributed by atoms with E-state index in [0.29, 0.717) is 18.5 Å². The Kier molecular flexibility index (Phi) is 3.86. The molecule has 0 unspecified atom stereocenters. The molecule has 0 aliphatic rings. The van der Waals surface area contributed by atoms with Crippen molar-refractivity contribution in [2.24, 2.45) is 0 Å². The number of nitrogens with zero attached hydrogens (tertiary/aromatic N) is 1. The number of fused-ring (bicyclic) bond motifs is 1. The highest BCUT2D eigenvalue weighted by molar-refractivity contribution is 6.03. The van der Waals surface area contributed by atoms with Crippen molar-refractivity contribution in [3.05, 3.63) is 35.5 Å². The summed E-state index contributed by atoms with van der Waals surface area (Å²) in [5, 5.41) is 19.4. The molecule has 0 aliphatic carbocycles. The van der Waals surface area contributed by atoms with Crippen LogP contribution in [0.1, 0.15) is 43.1 Å². The summed E-state index contributed by atoms with van der Waals surface area (Å²) >= 11 is 0. The van der Waals surface area contributed by atoms with Gasteiger partial charge < -0.3 is 14.8 Å². The molecule has 1 aromatic carbocycles. The molecule has 0 radical (unpaired) electrons. The summed E-state index contributed by atoms with van der Waals surface area (Å²) in [4.78, 5) is 11.6. The van der Waals surface area contributed by atoms with Gasteiger partial charge in [0, 0.05) is 24.7 Å². The van der Waals surface area contributed by atoms with Crippen molar-refractivity contribution >= 4 is 16.9 Å². The second-order valence-corrected chi connectivity index (χ2v) is 6.10. The second kappa shape index (κ2) is 5.29. The van der Waals surface area contributed by atoms with E-state index in [1.807, 2.05) is 16.8 Å². The standard InChI is InChI=1S/C16H21NO3/c1-16(2,3)12-9-11-5-7-17(6-4-8-18)14(11)13(10-12)15(19)20/h5,7,9-10,18H,4,6,8H2,1-3H3,(H,19,20). The minimum Gasteiger partial charge on any atom is -0.478 e. The first-order chi connectivity index (χ1) is 9.34. The maximum absolute atomic E-state index is 11.6. The minimum absolute atomic E-state index is 0.0917. The van der Waals surface area contributed by atoms with E-state index in [4.69, 9.17) is 5.11 Å². The predicted octanol–water partition coefficient (Wildman–Crippen LogP) is 3.02. The number of benzene rings is 1. The number of hydrogen-bond donors (Lipinski definition) is 2. The van der Waals surface area contributed by atoms with Gasteiger partial charge in [-0.05, 0) is 35.6 Å². The van der Waals surface area contributed by atoms with E-state index in [2.05, 4.69) is 26.8 Å². The Morgan fingerprint density at radius 3 is 2.55 bits per heavy atom. The molecular weight excluding hydrogens is 254 g/mol. The lowest BCUT2D eigenvalue weighted by Crippen LogP contribution is -2.13. The fourth-order valence-corrected chi connectivity index (χ4v) is 2.37. The van der Waals surface area contributed by atoms with Crippen molar-refractivity contribution in [2.75, 3.05) is 6.61 Å². The molecule has 0 saturated heterocycles. The Bertz CT molecular complexity index is 635. The van der Waals surface area contributed by atoms with Crippen LogP contribution in [0.2, 0.25) is 0 Å². The van der Waals surface area contributed by atoms with E-state index < -0.39 is 5.97 Å². The van der Waals surface area contributed by atoms with E-state index in [1.165, 1.54) is 0 Å². The van der Waals surface area contributed by atoms with Crippen molar-refractivity contribution in [1.82, 2.24) is 4.57 Å². The van der Waals surface area contributed by atoms with Crippen LogP contribution in [0, 0.1) is 0 Å². The molecule has 0 fully saturated rings. The molecule has 2 N–H and O–H groups in total. The third kappa shape index (κ3) is 2.70. The molecule has 1 heterocycles. The molecule has 0 spiro atoms. The molecule has 20 heavy (non-hydrogen) atoms. The normalized spacial score (nSPS) is 12.0. The average molecular weight is 275 g/mol. The zero-order valence-corrected chi connectivity index (χ0v) is 12.2. The van der Waals surface area contributed by atoms with Crippen molar-refractivity contribution in [2.45, 2.75) is 39.2 Å². The van der Waals surface area contributed by atoms with Gasteiger partial charge in [0.15, 0.2) is 0 Å². The second-order valence-electron chi connectivity index (χ2n) is 6.10. The average Bonchev–Trinajstić information content (AvgIpc) is 2.77. The van der Waals surface area contributed by atoms with Gasteiger partial charge in [-0.2, -0.15) is 0 Å². The van der Waals surface area contributed by atoms with Crippen LogP contribution in [0.15, 0.2) is 24.4 Å². The number of carboxylic acids is 1. The number of aromatic carboxylic acids is 1. The fraction of sp³-hybridized carbons (Fsp3) is 0.438. The highest BCUT2D eigenvalue weighted by Crippen LogP contribution is 2.30. The number of carboxylic acid groups (broad SMARTS) is 1. The van der Waals surface area contributed by atoms with Crippen LogP contribution in [-0.2, 0) is 12.0 Å². The van der Waals surface area contributed by atoms with E-state index in [-0.39, 0.29) is 12.0 Å². The lowest BCUT2D eigenvalue weighted by Gasteiger charge is -2.20. The number of aryl methyl sites for hydroxylation is 1. The quantitative estimate of drug-likeness (QED) is 0.901. The first-order valence-corrected chi connectivity index (χ1v) is 6.82. The minimum atomic E-state index is -0.912. The topological polar surface area (TPSA) is 62.5 Å². The molecule has 0 atom stereocenters. The molecule has 1 aromatic heterocycles. The van der Waals surface area contributed by atoms with Crippen molar-refractivity contribution in [3.63, 3.8) is 0 Å². The van der Waals surface area contributed by atoms with Gasteiger partial charge in [-0.1, -0.05) is 20.8 Å². The number of aromatic nitrogens is 1. The van der Waals surface area contributed by atoms with E-state index >= 15 is 0 Å². The monoisotopic (exact) mass is 275 g/mol. The number of carbonyl (C=O) groups is 1. The van der Waals surface area contributed by atoms with Crippen molar-refractivity contribution in [1.29, 1.82) is 0 Å². The number of rotatable bonds is 4. The Labute approximate surface area is 118 Å². The van der Waals surface area contributed by atoms with Gasteiger partial charge in [0.2, 0.25) is 0 Å². The molecule has 2 rings (SSSR count). The van der Waals surface area contributed by atoms with Gasteiger partial charge in [-0.25, -0.2) is 4.79 Å². The smallest absolute Gasteiger partial charge is 0.337 e. The molecule has 0 bridgehead atoms. The van der Waals surface area contributed by atoms with Gasteiger partial charge in [-0.15, -0.1) is 0 Å². The summed E-state index contributed by atoms with van der Waals surface area (Å²) in [5.41, 5.74) is 1.99. The maximum atomic E-state index is 11.6. The lowest BCUT2D eigenvalue weighted by molar-refractivity contribution is 0.0698. The number of aliphatic hydroxyl groups excluding tert-OH is 1.